The van der Waals surface area contributed by atoms with Gasteiger partial charge in [0.25, 0.3) is 0 Å². The van der Waals surface area contributed by atoms with Crippen LogP contribution in [0.4, 0.5) is 0 Å². The van der Waals surface area contributed by atoms with E-state index in [9.17, 15) is 0 Å². The Bertz CT molecular complexity index is 398. The first kappa shape index (κ1) is 14.5. The molecule has 0 aromatic rings. The van der Waals surface area contributed by atoms with E-state index in [1.54, 1.807) is 0 Å². The minimum absolute atomic E-state index is 0.536. The van der Waals surface area contributed by atoms with Crippen LogP contribution in [-0.4, -0.2) is 24.7 Å². The first-order valence-corrected chi connectivity index (χ1v) is 9.52. The molecule has 2 bridgehead atoms. The predicted octanol–water partition coefficient (Wildman–Crippen LogP) is 3.71. The molecule has 1 aliphatic heterocycles. The summed E-state index contributed by atoms with van der Waals surface area (Å²) >= 11 is 0. The molecule has 2 N–H and O–H groups in total. The molecule has 0 spiro atoms. The van der Waals surface area contributed by atoms with Crippen molar-refractivity contribution in [3.05, 3.63) is 0 Å². The molecule has 3 aliphatic carbocycles. The molecular formula is C19H34N2. The Labute approximate surface area is 130 Å². The van der Waals surface area contributed by atoms with Gasteiger partial charge in [-0.2, -0.15) is 0 Å². The molecule has 3 saturated carbocycles. The van der Waals surface area contributed by atoms with Crippen LogP contribution in [0.1, 0.15) is 72.1 Å². The third-order valence-corrected chi connectivity index (χ3v) is 8.39. The maximum atomic E-state index is 4.19. The molecule has 0 radical (unpaired) electrons. The molecule has 0 amide bonds. The van der Waals surface area contributed by atoms with Gasteiger partial charge in [0, 0.05) is 18.1 Å². The fraction of sp³-hybridized carbons (Fsp3) is 1.00. The second-order valence-electron chi connectivity index (χ2n) is 9.23. The van der Waals surface area contributed by atoms with Gasteiger partial charge >= 0.3 is 0 Å². The highest BCUT2D eigenvalue weighted by molar-refractivity contribution is 5.14. The molecule has 6 unspecified atom stereocenters. The smallest absolute Gasteiger partial charge is 0.0132 e. The van der Waals surface area contributed by atoms with Crippen molar-refractivity contribution in [3.63, 3.8) is 0 Å². The zero-order valence-electron chi connectivity index (χ0n) is 14.3. The Morgan fingerprint density at radius 3 is 2.48 bits per heavy atom. The Kier molecular flexibility index (Phi) is 3.43. The van der Waals surface area contributed by atoms with Crippen molar-refractivity contribution in [2.24, 2.45) is 22.7 Å². The van der Waals surface area contributed by atoms with E-state index in [0.717, 1.165) is 30.0 Å². The van der Waals surface area contributed by atoms with Gasteiger partial charge in [-0.15, -0.1) is 0 Å². The quantitative estimate of drug-likeness (QED) is 0.828. The van der Waals surface area contributed by atoms with Crippen LogP contribution in [0.3, 0.4) is 0 Å². The van der Waals surface area contributed by atoms with Crippen LogP contribution in [0.2, 0.25) is 0 Å². The summed E-state index contributed by atoms with van der Waals surface area (Å²) in [5, 5.41) is 7.97. The Morgan fingerprint density at radius 2 is 1.86 bits per heavy atom. The highest BCUT2D eigenvalue weighted by Gasteiger charge is 2.61. The van der Waals surface area contributed by atoms with Crippen molar-refractivity contribution < 1.29 is 0 Å². The topological polar surface area (TPSA) is 24.1 Å². The van der Waals surface area contributed by atoms with Crippen molar-refractivity contribution in [2.45, 2.75) is 90.3 Å². The summed E-state index contributed by atoms with van der Waals surface area (Å²) in [7, 11) is 0. The molecule has 0 aromatic carbocycles. The second kappa shape index (κ2) is 4.96. The monoisotopic (exact) mass is 290 g/mol. The van der Waals surface area contributed by atoms with E-state index in [4.69, 9.17) is 0 Å². The molecule has 1 heterocycles. The van der Waals surface area contributed by atoms with Gasteiger partial charge < -0.3 is 10.6 Å². The average molecular weight is 290 g/mol. The molecule has 2 heteroatoms. The minimum atomic E-state index is 0.536. The van der Waals surface area contributed by atoms with Gasteiger partial charge in [-0.3, -0.25) is 0 Å². The summed E-state index contributed by atoms with van der Waals surface area (Å²) in [6, 6.07) is 2.38. The maximum absolute atomic E-state index is 4.19. The lowest BCUT2D eigenvalue weighted by Gasteiger charge is -2.42. The van der Waals surface area contributed by atoms with E-state index in [1.807, 2.05) is 0 Å². The number of hydrogen-bond acceptors (Lipinski definition) is 2. The number of rotatable bonds is 3. The lowest BCUT2D eigenvalue weighted by molar-refractivity contribution is 0.109. The van der Waals surface area contributed by atoms with Gasteiger partial charge in [-0.05, 0) is 74.2 Å². The standard InChI is InChI=1S/C19H34N2/c1-18(2)13-9-10-19(18,3)17(12-13)21-16-7-4-6-14(16)15-8-5-11-20-15/h13-17,20-21H,4-12H2,1-3H3. The summed E-state index contributed by atoms with van der Waals surface area (Å²) in [4.78, 5) is 0. The molecule has 120 valence electrons. The molecule has 0 aromatic heterocycles. The lowest BCUT2D eigenvalue weighted by Crippen LogP contribution is -2.51. The van der Waals surface area contributed by atoms with E-state index in [-0.39, 0.29) is 0 Å². The maximum Gasteiger partial charge on any atom is 0.0132 e. The highest BCUT2D eigenvalue weighted by Crippen LogP contribution is 2.65. The normalized spacial score (nSPS) is 51.9. The number of nitrogens with one attached hydrogen (secondary N) is 2. The van der Waals surface area contributed by atoms with E-state index in [2.05, 4.69) is 31.4 Å². The SMILES string of the molecule is CC1(C)C2CCC1(C)C(NC1CCCC1C1CCCN1)C2. The summed E-state index contributed by atoms with van der Waals surface area (Å²) < 4.78 is 0. The summed E-state index contributed by atoms with van der Waals surface area (Å²) in [5.41, 5.74) is 1.08. The molecule has 21 heavy (non-hydrogen) atoms. The fourth-order valence-electron chi connectivity index (χ4n) is 6.47. The van der Waals surface area contributed by atoms with Crippen LogP contribution in [0.15, 0.2) is 0 Å². The number of fused-ring (bicyclic) bond motifs is 2. The Balaban J connectivity index is 1.46. The predicted molar refractivity (Wildman–Crippen MR) is 88.3 cm³/mol. The van der Waals surface area contributed by atoms with Crippen molar-refractivity contribution in [2.75, 3.05) is 6.54 Å². The van der Waals surface area contributed by atoms with Gasteiger partial charge in [0.05, 0.1) is 0 Å². The third kappa shape index (κ3) is 2.05. The van der Waals surface area contributed by atoms with Crippen molar-refractivity contribution in [3.8, 4) is 0 Å². The van der Waals surface area contributed by atoms with Gasteiger partial charge in [0.1, 0.15) is 0 Å². The van der Waals surface area contributed by atoms with E-state index < -0.39 is 0 Å². The molecule has 4 fully saturated rings. The summed E-state index contributed by atoms with van der Waals surface area (Å²) in [6.07, 6.45) is 11.5. The van der Waals surface area contributed by atoms with Crippen LogP contribution in [0.25, 0.3) is 0 Å². The van der Waals surface area contributed by atoms with Crippen molar-refractivity contribution >= 4 is 0 Å². The highest BCUT2D eigenvalue weighted by atomic mass is 15.0. The summed E-state index contributed by atoms with van der Waals surface area (Å²) in [6.45, 7) is 8.91. The van der Waals surface area contributed by atoms with Crippen LogP contribution in [0.5, 0.6) is 0 Å². The van der Waals surface area contributed by atoms with Crippen molar-refractivity contribution in [1.82, 2.24) is 10.6 Å². The largest absolute Gasteiger partial charge is 0.314 e. The number of hydrogen-bond donors (Lipinski definition) is 2. The molecule has 4 rings (SSSR count). The molecule has 2 nitrogen and oxygen atoms in total. The molecule has 4 aliphatic rings. The van der Waals surface area contributed by atoms with Crippen LogP contribution in [0, 0.1) is 22.7 Å². The average Bonchev–Trinajstić information content (AvgIpc) is 3.16. The molecule has 1 saturated heterocycles. The zero-order valence-corrected chi connectivity index (χ0v) is 14.3. The van der Waals surface area contributed by atoms with E-state index >= 15 is 0 Å². The first-order chi connectivity index (χ1) is 10.0. The van der Waals surface area contributed by atoms with Gasteiger partial charge in [-0.1, -0.05) is 27.2 Å². The zero-order chi connectivity index (χ0) is 14.7. The Morgan fingerprint density at radius 1 is 1.00 bits per heavy atom. The van der Waals surface area contributed by atoms with Gasteiger partial charge in [-0.25, -0.2) is 0 Å². The van der Waals surface area contributed by atoms with Crippen LogP contribution in [-0.2, 0) is 0 Å². The van der Waals surface area contributed by atoms with Crippen LogP contribution >= 0.6 is 0 Å². The first-order valence-electron chi connectivity index (χ1n) is 9.52. The van der Waals surface area contributed by atoms with Crippen LogP contribution < -0.4 is 10.6 Å². The van der Waals surface area contributed by atoms with Crippen molar-refractivity contribution in [1.29, 1.82) is 0 Å². The Hall–Kier alpha value is -0.0800. The van der Waals surface area contributed by atoms with Gasteiger partial charge in [0.2, 0.25) is 0 Å². The van der Waals surface area contributed by atoms with Gasteiger partial charge in [0.15, 0.2) is 0 Å². The molecular weight excluding hydrogens is 256 g/mol. The lowest BCUT2D eigenvalue weighted by atomic mass is 9.69. The fourth-order valence-corrected chi connectivity index (χ4v) is 6.47. The third-order valence-electron chi connectivity index (χ3n) is 8.39. The minimum Gasteiger partial charge on any atom is -0.314 e. The molecule has 6 atom stereocenters. The second-order valence-corrected chi connectivity index (χ2v) is 9.23. The summed E-state index contributed by atoms with van der Waals surface area (Å²) in [5.74, 6) is 1.86. The van der Waals surface area contributed by atoms with E-state index in [1.165, 1.54) is 57.9 Å². The van der Waals surface area contributed by atoms with E-state index in [0.29, 0.717) is 10.8 Å².